The number of aliphatic imine (C=N–C) groups is 1. The molecule has 2 N–H and O–H groups in total. The summed E-state index contributed by atoms with van der Waals surface area (Å²) < 4.78 is 0. The lowest BCUT2D eigenvalue weighted by Gasteiger charge is -2.20. The van der Waals surface area contributed by atoms with E-state index in [2.05, 4.69) is 4.99 Å². The lowest BCUT2D eigenvalue weighted by molar-refractivity contribution is -0.105. The van der Waals surface area contributed by atoms with E-state index < -0.39 is 0 Å². The zero-order valence-electron chi connectivity index (χ0n) is 11.6. The van der Waals surface area contributed by atoms with E-state index in [1.165, 1.54) is 5.56 Å². The summed E-state index contributed by atoms with van der Waals surface area (Å²) in [5.74, 6) is 0. The maximum atomic E-state index is 11.1. The first-order valence-electron chi connectivity index (χ1n) is 6.45. The first-order valence-corrected chi connectivity index (χ1v) is 6.83. The molecule has 0 saturated carbocycles. The van der Waals surface area contributed by atoms with E-state index in [1.807, 2.05) is 31.2 Å². The van der Waals surface area contributed by atoms with Crippen LogP contribution in [-0.2, 0) is 4.79 Å². The molecule has 0 radical (unpaired) electrons. The Hall–Kier alpha value is -1.87. The standard InChI is InChI=1S/C16H17ClN2O/c1-10-3-5-11(6-4-10)16(19-2)14-13(18)8-7-12(9-20)15(14)17/h3-6,9H,7-8,18H2,1-2H3. The molecule has 1 aliphatic rings. The topological polar surface area (TPSA) is 55.4 Å². The van der Waals surface area contributed by atoms with Gasteiger partial charge in [-0.05, 0) is 19.8 Å². The second-order valence-corrected chi connectivity index (χ2v) is 5.17. The Morgan fingerprint density at radius 2 is 1.95 bits per heavy atom. The third-order valence-electron chi connectivity index (χ3n) is 3.41. The molecular weight excluding hydrogens is 272 g/mol. The number of halogens is 1. The Balaban J connectivity index is 2.54. The highest BCUT2D eigenvalue weighted by atomic mass is 35.5. The second-order valence-electron chi connectivity index (χ2n) is 4.80. The summed E-state index contributed by atoms with van der Waals surface area (Å²) in [5, 5.41) is 0.421. The van der Waals surface area contributed by atoms with Crippen molar-refractivity contribution in [1.29, 1.82) is 0 Å². The number of aldehydes is 1. The molecule has 0 spiro atoms. The number of allylic oxidation sites excluding steroid dienone is 4. The molecule has 3 nitrogen and oxygen atoms in total. The van der Waals surface area contributed by atoms with Crippen molar-refractivity contribution < 1.29 is 4.79 Å². The van der Waals surface area contributed by atoms with Crippen LogP contribution in [0.15, 0.2) is 51.1 Å². The smallest absolute Gasteiger partial charge is 0.147 e. The van der Waals surface area contributed by atoms with E-state index in [0.717, 1.165) is 17.6 Å². The van der Waals surface area contributed by atoms with E-state index in [4.69, 9.17) is 17.3 Å². The van der Waals surface area contributed by atoms with Crippen LogP contribution in [0.5, 0.6) is 0 Å². The van der Waals surface area contributed by atoms with Crippen molar-refractivity contribution in [2.75, 3.05) is 7.05 Å². The molecule has 1 aliphatic carbocycles. The van der Waals surface area contributed by atoms with Gasteiger partial charge in [0.2, 0.25) is 0 Å². The van der Waals surface area contributed by atoms with Crippen molar-refractivity contribution in [3.05, 3.63) is 57.3 Å². The Kier molecular flexibility index (Phi) is 4.40. The number of aryl methyl sites for hydroxylation is 1. The highest BCUT2D eigenvalue weighted by Gasteiger charge is 2.23. The fourth-order valence-electron chi connectivity index (χ4n) is 2.27. The normalized spacial score (nSPS) is 16.6. The van der Waals surface area contributed by atoms with Gasteiger partial charge >= 0.3 is 0 Å². The van der Waals surface area contributed by atoms with Gasteiger partial charge in [0, 0.05) is 29.5 Å². The van der Waals surface area contributed by atoms with Gasteiger partial charge in [-0.15, -0.1) is 0 Å². The van der Waals surface area contributed by atoms with E-state index in [1.54, 1.807) is 7.05 Å². The fraction of sp³-hybridized carbons (Fsp3) is 0.250. The fourth-order valence-corrected chi connectivity index (χ4v) is 2.62. The maximum Gasteiger partial charge on any atom is 0.147 e. The van der Waals surface area contributed by atoms with Crippen LogP contribution in [-0.4, -0.2) is 19.0 Å². The highest BCUT2D eigenvalue weighted by Crippen LogP contribution is 2.32. The van der Waals surface area contributed by atoms with Crippen LogP contribution in [0.3, 0.4) is 0 Å². The Morgan fingerprint density at radius 3 is 2.50 bits per heavy atom. The number of rotatable bonds is 3. The van der Waals surface area contributed by atoms with Gasteiger partial charge in [0.05, 0.1) is 10.7 Å². The van der Waals surface area contributed by atoms with Crippen molar-refractivity contribution in [2.45, 2.75) is 19.8 Å². The van der Waals surface area contributed by atoms with E-state index in [0.29, 0.717) is 34.7 Å². The number of hydrogen-bond donors (Lipinski definition) is 1. The molecule has 0 amide bonds. The van der Waals surface area contributed by atoms with Crippen molar-refractivity contribution in [3.63, 3.8) is 0 Å². The summed E-state index contributed by atoms with van der Waals surface area (Å²) in [5.41, 5.74) is 10.9. The SMILES string of the molecule is CN=C(C1=C(N)CCC(C=O)=C1Cl)c1ccc(C)cc1. The largest absolute Gasteiger partial charge is 0.401 e. The molecule has 4 heteroatoms. The third-order valence-corrected chi connectivity index (χ3v) is 3.85. The Morgan fingerprint density at radius 1 is 1.30 bits per heavy atom. The average Bonchev–Trinajstić information content (AvgIpc) is 2.45. The molecule has 0 fully saturated rings. The number of benzene rings is 1. The van der Waals surface area contributed by atoms with Gasteiger partial charge < -0.3 is 5.73 Å². The molecule has 0 atom stereocenters. The number of hydrogen-bond acceptors (Lipinski definition) is 3. The van der Waals surface area contributed by atoms with Crippen LogP contribution >= 0.6 is 11.6 Å². The van der Waals surface area contributed by atoms with Gasteiger partial charge in [-0.1, -0.05) is 41.4 Å². The van der Waals surface area contributed by atoms with E-state index in [-0.39, 0.29) is 0 Å². The molecule has 20 heavy (non-hydrogen) atoms. The number of nitrogens with two attached hydrogens (primary N) is 1. The quantitative estimate of drug-likeness (QED) is 0.686. The van der Waals surface area contributed by atoms with Gasteiger partial charge in [-0.25, -0.2) is 0 Å². The Labute approximate surface area is 123 Å². The molecule has 0 bridgehead atoms. The number of nitrogens with zero attached hydrogens (tertiary/aromatic N) is 1. The van der Waals surface area contributed by atoms with Gasteiger partial charge in [0.1, 0.15) is 6.29 Å². The molecule has 0 unspecified atom stereocenters. The van der Waals surface area contributed by atoms with Crippen molar-refractivity contribution >= 4 is 23.6 Å². The van der Waals surface area contributed by atoms with Gasteiger partial charge in [-0.3, -0.25) is 9.79 Å². The lowest BCUT2D eigenvalue weighted by Crippen LogP contribution is -2.18. The summed E-state index contributed by atoms with van der Waals surface area (Å²) in [6.07, 6.45) is 2.02. The molecular formula is C16H17ClN2O. The van der Waals surface area contributed by atoms with Gasteiger partial charge in [-0.2, -0.15) is 0 Å². The molecule has 0 aromatic heterocycles. The zero-order chi connectivity index (χ0) is 14.7. The summed E-state index contributed by atoms with van der Waals surface area (Å²) in [6, 6.07) is 7.99. The first kappa shape index (κ1) is 14.5. The first-order chi connectivity index (χ1) is 9.58. The third kappa shape index (κ3) is 2.68. The number of carbonyl (C=O) groups is 1. The minimum absolute atomic E-state index is 0.421. The molecule has 0 saturated heterocycles. The van der Waals surface area contributed by atoms with Gasteiger partial charge in [0.15, 0.2) is 0 Å². The van der Waals surface area contributed by atoms with Crippen LogP contribution in [0.1, 0.15) is 24.0 Å². The minimum Gasteiger partial charge on any atom is -0.401 e. The minimum atomic E-state index is 0.421. The van der Waals surface area contributed by atoms with Crippen molar-refractivity contribution in [3.8, 4) is 0 Å². The van der Waals surface area contributed by atoms with Gasteiger partial charge in [0.25, 0.3) is 0 Å². The summed E-state index contributed by atoms with van der Waals surface area (Å²) >= 11 is 6.33. The monoisotopic (exact) mass is 288 g/mol. The summed E-state index contributed by atoms with van der Waals surface area (Å²) in [4.78, 5) is 15.4. The van der Waals surface area contributed by atoms with Crippen LogP contribution in [0, 0.1) is 6.92 Å². The maximum absolute atomic E-state index is 11.1. The van der Waals surface area contributed by atoms with Crippen molar-refractivity contribution in [2.24, 2.45) is 10.7 Å². The average molecular weight is 289 g/mol. The predicted molar refractivity (Wildman–Crippen MR) is 83.0 cm³/mol. The zero-order valence-corrected chi connectivity index (χ0v) is 12.4. The summed E-state index contributed by atoms with van der Waals surface area (Å²) in [6.45, 7) is 2.03. The molecule has 104 valence electrons. The lowest BCUT2D eigenvalue weighted by atomic mass is 9.91. The molecule has 0 aliphatic heterocycles. The molecule has 1 aromatic carbocycles. The molecule has 1 aromatic rings. The molecule has 0 heterocycles. The van der Waals surface area contributed by atoms with Crippen LogP contribution in [0.25, 0.3) is 0 Å². The molecule has 2 rings (SSSR count). The van der Waals surface area contributed by atoms with E-state index >= 15 is 0 Å². The second kappa shape index (κ2) is 6.06. The highest BCUT2D eigenvalue weighted by molar-refractivity contribution is 6.39. The Bertz CT molecular complexity index is 624. The predicted octanol–water partition coefficient (Wildman–Crippen LogP) is 3.11. The summed E-state index contributed by atoms with van der Waals surface area (Å²) in [7, 11) is 1.70. The van der Waals surface area contributed by atoms with E-state index in [9.17, 15) is 4.79 Å². The van der Waals surface area contributed by atoms with Crippen LogP contribution in [0.4, 0.5) is 0 Å². The van der Waals surface area contributed by atoms with Crippen molar-refractivity contribution in [1.82, 2.24) is 0 Å². The number of carbonyl (C=O) groups excluding carboxylic acids is 1. The van der Waals surface area contributed by atoms with Crippen LogP contribution < -0.4 is 5.73 Å². The van der Waals surface area contributed by atoms with Crippen LogP contribution in [0.2, 0.25) is 0 Å².